The lowest BCUT2D eigenvalue weighted by atomic mass is 9.99. The van der Waals surface area contributed by atoms with Crippen molar-refractivity contribution in [2.24, 2.45) is 5.73 Å². The van der Waals surface area contributed by atoms with Crippen molar-refractivity contribution in [1.82, 2.24) is 10.3 Å². The van der Waals surface area contributed by atoms with Crippen LogP contribution in [0.4, 0.5) is 5.13 Å². The van der Waals surface area contributed by atoms with Crippen LogP contribution >= 0.6 is 11.3 Å². The summed E-state index contributed by atoms with van der Waals surface area (Å²) in [5.74, 6) is 0.0821. The van der Waals surface area contributed by atoms with Crippen LogP contribution in [0.25, 0.3) is 0 Å². The smallest absolute Gasteiger partial charge is 0.242 e. The van der Waals surface area contributed by atoms with Gasteiger partial charge in [0.1, 0.15) is 6.04 Å². The van der Waals surface area contributed by atoms with E-state index in [0.29, 0.717) is 6.54 Å². The maximum atomic E-state index is 11.7. The Bertz CT molecular complexity index is 473. The van der Waals surface area contributed by atoms with Gasteiger partial charge in [-0.15, -0.1) is 0 Å². The number of thiazole rings is 1. The van der Waals surface area contributed by atoms with E-state index < -0.39 is 0 Å². The highest BCUT2D eigenvalue weighted by Gasteiger charge is 2.30. The number of carbonyl (C=O) groups excluding carboxylic acids is 1. The maximum Gasteiger partial charge on any atom is 0.242 e. The minimum absolute atomic E-state index is 0.0821. The van der Waals surface area contributed by atoms with Crippen molar-refractivity contribution < 1.29 is 4.79 Å². The van der Waals surface area contributed by atoms with E-state index in [9.17, 15) is 4.79 Å². The molecule has 0 radical (unpaired) electrons. The highest BCUT2D eigenvalue weighted by molar-refractivity contribution is 7.15. The summed E-state index contributed by atoms with van der Waals surface area (Å²) >= 11 is 1.67. The molecule has 5 nitrogen and oxygen atoms in total. The predicted octanol–water partition coefficient (Wildman–Crippen LogP) is 0.804. The SMILES string of the molecule is CC1C(=O)NCCN1c1nc2c(s1)C(N)CCC2. The Labute approximate surface area is 110 Å². The molecule has 1 aliphatic carbocycles. The number of amides is 1. The Morgan fingerprint density at radius 1 is 1.56 bits per heavy atom. The maximum absolute atomic E-state index is 11.7. The van der Waals surface area contributed by atoms with Gasteiger partial charge in [-0.25, -0.2) is 4.98 Å². The standard InChI is InChI=1S/C12H18N4OS/c1-7-11(17)14-5-6-16(7)12-15-9-4-2-3-8(13)10(9)18-12/h7-8H,2-6,13H2,1H3,(H,14,17). The van der Waals surface area contributed by atoms with Gasteiger partial charge in [-0.3, -0.25) is 4.79 Å². The van der Waals surface area contributed by atoms with Crippen LogP contribution in [0.15, 0.2) is 0 Å². The van der Waals surface area contributed by atoms with Gasteiger partial charge in [0.25, 0.3) is 0 Å². The quantitative estimate of drug-likeness (QED) is 0.789. The number of fused-ring (bicyclic) bond motifs is 1. The molecule has 6 heteroatoms. The van der Waals surface area contributed by atoms with Crippen molar-refractivity contribution in [1.29, 1.82) is 0 Å². The van der Waals surface area contributed by atoms with E-state index in [1.807, 2.05) is 6.92 Å². The third kappa shape index (κ3) is 1.89. The second kappa shape index (κ2) is 4.51. The van der Waals surface area contributed by atoms with Crippen LogP contribution in [0.1, 0.15) is 36.4 Å². The molecule has 98 valence electrons. The molecule has 0 aromatic carbocycles. The van der Waals surface area contributed by atoms with E-state index in [2.05, 4.69) is 10.2 Å². The highest BCUT2D eigenvalue weighted by Crippen LogP contribution is 2.37. The van der Waals surface area contributed by atoms with Crippen LogP contribution in [-0.4, -0.2) is 30.0 Å². The summed E-state index contributed by atoms with van der Waals surface area (Å²) in [7, 11) is 0. The Morgan fingerprint density at radius 3 is 3.17 bits per heavy atom. The summed E-state index contributed by atoms with van der Waals surface area (Å²) in [5, 5.41) is 3.83. The Hall–Kier alpha value is -1.14. The topological polar surface area (TPSA) is 71.2 Å². The summed E-state index contributed by atoms with van der Waals surface area (Å²) in [5.41, 5.74) is 7.27. The first-order valence-electron chi connectivity index (χ1n) is 6.46. The van der Waals surface area contributed by atoms with Crippen LogP contribution < -0.4 is 16.0 Å². The molecular formula is C12H18N4OS. The summed E-state index contributed by atoms with van der Waals surface area (Å²) in [6.07, 6.45) is 3.19. The van der Waals surface area contributed by atoms with Crippen LogP contribution in [0.3, 0.4) is 0 Å². The average molecular weight is 266 g/mol. The monoisotopic (exact) mass is 266 g/mol. The Kier molecular flexibility index (Phi) is 2.99. The number of aryl methyl sites for hydroxylation is 1. The minimum atomic E-state index is -0.137. The lowest BCUT2D eigenvalue weighted by Gasteiger charge is -2.32. The third-order valence-corrected chi connectivity index (χ3v) is 4.99. The molecule has 1 aliphatic heterocycles. The van der Waals surface area contributed by atoms with Gasteiger partial charge in [0.2, 0.25) is 5.91 Å². The van der Waals surface area contributed by atoms with Gasteiger partial charge >= 0.3 is 0 Å². The number of hydrogen-bond donors (Lipinski definition) is 2. The summed E-state index contributed by atoms with van der Waals surface area (Å²) in [4.78, 5) is 19.7. The van der Waals surface area contributed by atoms with Crippen LogP contribution in [0.2, 0.25) is 0 Å². The van der Waals surface area contributed by atoms with Gasteiger partial charge < -0.3 is 16.0 Å². The van der Waals surface area contributed by atoms with Gasteiger partial charge in [-0.05, 0) is 26.2 Å². The molecule has 3 rings (SSSR count). The van der Waals surface area contributed by atoms with E-state index in [0.717, 1.165) is 36.6 Å². The van der Waals surface area contributed by atoms with E-state index in [1.165, 1.54) is 4.88 Å². The van der Waals surface area contributed by atoms with Crippen molar-refractivity contribution in [3.8, 4) is 0 Å². The number of nitrogens with zero attached hydrogens (tertiary/aromatic N) is 2. The fraction of sp³-hybridized carbons (Fsp3) is 0.667. The molecule has 2 aliphatic rings. The zero-order valence-corrected chi connectivity index (χ0v) is 11.3. The molecular weight excluding hydrogens is 248 g/mol. The van der Waals surface area contributed by atoms with Gasteiger partial charge in [-0.1, -0.05) is 11.3 Å². The molecule has 1 aromatic rings. The third-order valence-electron chi connectivity index (χ3n) is 3.73. The zero-order valence-electron chi connectivity index (χ0n) is 10.5. The molecule has 1 amide bonds. The number of piperazine rings is 1. The minimum Gasteiger partial charge on any atom is -0.353 e. The van der Waals surface area contributed by atoms with E-state index in [1.54, 1.807) is 11.3 Å². The molecule has 2 unspecified atom stereocenters. The molecule has 3 N–H and O–H groups in total. The second-order valence-electron chi connectivity index (χ2n) is 4.97. The lowest BCUT2D eigenvalue weighted by Crippen LogP contribution is -2.54. The first kappa shape index (κ1) is 11.9. The number of rotatable bonds is 1. The zero-order chi connectivity index (χ0) is 12.7. The van der Waals surface area contributed by atoms with Crippen molar-refractivity contribution in [2.75, 3.05) is 18.0 Å². The van der Waals surface area contributed by atoms with Crippen LogP contribution in [-0.2, 0) is 11.2 Å². The summed E-state index contributed by atoms with van der Waals surface area (Å²) < 4.78 is 0. The molecule has 1 aromatic heterocycles. The van der Waals surface area contributed by atoms with E-state index >= 15 is 0 Å². The van der Waals surface area contributed by atoms with Crippen LogP contribution in [0.5, 0.6) is 0 Å². The molecule has 1 fully saturated rings. The predicted molar refractivity (Wildman–Crippen MR) is 71.8 cm³/mol. The number of carbonyl (C=O) groups is 1. The average Bonchev–Trinajstić information content (AvgIpc) is 2.78. The Balaban J connectivity index is 1.90. The van der Waals surface area contributed by atoms with Crippen LogP contribution in [0, 0.1) is 0 Å². The molecule has 2 atom stereocenters. The molecule has 0 saturated carbocycles. The van der Waals surface area contributed by atoms with Crippen molar-refractivity contribution in [2.45, 2.75) is 38.3 Å². The first-order valence-corrected chi connectivity index (χ1v) is 7.28. The largest absolute Gasteiger partial charge is 0.353 e. The molecule has 1 saturated heterocycles. The number of nitrogens with two attached hydrogens (primary N) is 1. The summed E-state index contributed by atoms with van der Waals surface area (Å²) in [6, 6.07) is -0.00324. The Morgan fingerprint density at radius 2 is 2.39 bits per heavy atom. The van der Waals surface area contributed by atoms with Gasteiger partial charge in [0.15, 0.2) is 5.13 Å². The summed E-state index contributed by atoms with van der Waals surface area (Å²) in [6.45, 7) is 3.45. The normalized spacial score (nSPS) is 27.9. The van der Waals surface area contributed by atoms with Gasteiger partial charge in [0, 0.05) is 24.0 Å². The number of aromatic nitrogens is 1. The molecule has 18 heavy (non-hydrogen) atoms. The molecule has 0 bridgehead atoms. The number of hydrogen-bond acceptors (Lipinski definition) is 5. The van der Waals surface area contributed by atoms with Gasteiger partial charge in [0.05, 0.1) is 5.69 Å². The number of anilines is 1. The second-order valence-corrected chi connectivity index (χ2v) is 5.98. The molecule has 0 spiro atoms. The fourth-order valence-electron chi connectivity index (χ4n) is 2.61. The van der Waals surface area contributed by atoms with E-state index in [-0.39, 0.29) is 18.0 Å². The van der Waals surface area contributed by atoms with Crippen molar-refractivity contribution in [3.05, 3.63) is 10.6 Å². The van der Waals surface area contributed by atoms with Crippen molar-refractivity contribution in [3.63, 3.8) is 0 Å². The molecule has 2 heterocycles. The first-order chi connectivity index (χ1) is 8.66. The van der Waals surface area contributed by atoms with Gasteiger partial charge in [-0.2, -0.15) is 0 Å². The van der Waals surface area contributed by atoms with E-state index in [4.69, 9.17) is 10.7 Å². The number of nitrogens with one attached hydrogen (secondary N) is 1. The lowest BCUT2D eigenvalue weighted by molar-refractivity contribution is -0.122. The van der Waals surface area contributed by atoms with Crippen molar-refractivity contribution >= 4 is 22.4 Å². The fourth-order valence-corrected chi connectivity index (χ4v) is 3.86. The highest BCUT2D eigenvalue weighted by atomic mass is 32.1.